The number of benzene rings is 3. The summed E-state index contributed by atoms with van der Waals surface area (Å²) in [5.41, 5.74) is 4.18. The van der Waals surface area contributed by atoms with Crippen molar-refractivity contribution in [2.45, 2.75) is 98.2 Å². The van der Waals surface area contributed by atoms with Gasteiger partial charge < -0.3 is 28.6 Å². The standard InChI is InChI=1S/C44H52N2O16S5.4Na/c1-43(2)36-28-33(63-62-61-47)16-20-38(36)45(24-5-7-26-64(48,49)50)40(43)22-12-30-10-9-11-31(42(30)60-32-14-17-34(18-15-32)66(54,55)56)13-23-41-44(3,4)37-29-35(67(57,58)59)19-21-39(37)46(41)25-6-8-27-65(51,52)53;;;;/h12-23,28-29H,5-11,24-27H2,1-4H3,(H4-,47,48,49,50,51,52,53,54,55,56,57,58,59);;;;/q;4*+1/p-3. The molecule has 6 rings (SSSR count). The van der Waals surface area contributed by atoms with Crippen LogP contribution < -0.4 is 133 Å². The zero-order chi connectivity index (χ0) is 49.2. The molecule has 0 spiro atoms. The van der Waals surface area contributed by atoms with Crippen LogP contribution in [-0.4, -0.2) is 86.8 Å². The van der Waals surface area contributed by atoms with Crippen LogP contribution >= 0.6 is 12.0 Å². The summed E-state index contributed by atoms with van der Waals surface area (Å²) in [6, 6.07) is 14.5. The first kappa shape index (κ1) is 66.9. The molecule has 0 fully saturated rings. The summed E-state index contributed by atoms with van der Waals surface area (Å²) < 4.78 is 152. The molecule has 18 nitrogen and oxygen atoms in total. The minimum absolute atomic E-state index is 0. The first-order chi connectivity index (χ1) is 31.2. The number of hydrogen-bond donors (Lipinski definition) is 1. The maximum Gasteiger partial charge on any atom is 1.00 e. The Balaban J connectivity index is 0.00000432. The Kier molecular flexibility index (Phi) is 25.8. The molecule has 3 aromatic rings. The fourth-order valence-corrected chi connectivity index (χ4v) is 11.1. The van der Waals surface area contributed by atoms with Gasteiger partial charge in [0.05, 0.1) is 43.1 Å². The Labute approximate surface area is 509 Å². The summed E-state index contributed by atoms with van der Waals surface area (Å²) >= 11 is 0.737. The molecule has 1 aliphatic carbocycles. The molecule has 2 aliphatic heterocycles. The van der Waals surface area contributed by atoms with Crippen molar-refractivity contribution in [1.29, 1.82) is 0 Å². The topological polar surface area (TPSA) is 283 Å². The van der Waals surface area contributed by atoms with Crippen LogP contribution in [-0.2, 0) is 60.7 Å². The van der Waals surface area contributed by atoms with Crippen LogP contribution in [0.5, 0.6) is 5.75 Å². The maximum atomic E-state index is 12.1. The second-order valence-corrected chi connectivity index (χ2v) is 23.9. The van der Waals surface area contributed by atoms with Crippen LogP contribution in [0.4, 0.5) is 11.4 Å². The molecule has 0 aromatic heterocycles. The molecule has 0 atom stereocenters. The van der Waals surface area contributed by atoms with Crippen LogP contribution in [0.25, 0.3) is 0 Å². The molecule has 3 aromatic carbocycles. The molecular formula is C44H49N2Na4O16S5+. The zero-order valence-corrected chi connectivity index (χ0v) is 53.0. The van der Waals surface area contributed by atoms with Crippen molar-refractivity contribution in [1.82, 2.24) is 0 Å². The van der Waals surface area contributed by atoms with Gasteiger partial charge in [-0.15, -0.1) is 0 Å². The molecular weight excluding hydrogens is 1060 g/mol. The van der Waals surface area contributed by atoms with Gasteiger partial charge in [-0.25, -0.2) is 25.3 Å². The fourth-order valence-electron chi connectivity index (χ4n) is 8.66. The van der Waals surface area contributed by atoms with Crippen molar-refractivity contribution < 1.29 is 194 Å². The van der Waals surface area contributed by atoms with Gasteiger partial charge in [0.1, 0.15) is 38.3 Å². The average Bonchev–Trinajstić information content (AvgIpc) is 3.58. The summed E-state index contributed by atoms with van der Waals surface area (Å²) in [4.78, 5) is 1.61. The molecule has 0 unspecified atom stereocenters. The van der Waals surface area contributed by atoms with E-state index in [0.29, 0.717) is 65.4 Å². The van der Waals surface area contributed by atoms with Crippen LogP contribution in [0, 0.1) is 0 Å². The Morgan fingerprint density at radius 1 is 0.732 bits per heavy atom. The molecule has 364 valence electrons. The third kappa shape index (κ3) is 17.4. The largest absolute Gasteiger partial charge is 1.00 e. The Morgan fingerprint density at radius 2 is 1.37 bits per heavy atom. The zero-order valence-electron chi connectivity index (χ0n) is 40.9. The van der Waals surface area contributed by atoms with Crippen LogP contribution in [0.15, 0.2) is 122 Å². The number of anilines is 1. The Morgan fingerprint density at radius 3 is 1.97 bits per heavy atom. The number of unbranched alkanes of at least 4 members (excludes halogenated alkanes) is 2. The number of ether oxygens (including phenoxy) is 1. The second-order valence-electron chi connectivity index (χ2n) is 17.2. The van der Waals surface area contributed by atoms with Gasteiger partial charge in [-0.3, -0.25) is 9.59 Å². The summed E-state index contributed by atoms with van der Waals surface area (Å²) in [7, 11) is -18.3. The number of nitrogens with zero attached hydrogens (tertiary/aromatic N) is 2. The first-order valence-electron chi connectivity index (χ1n) is 21.0. The smallest absolute Gasteiger partial charge is 0.748 e. The average molecular weight is 1110 g/mol. The predicted molar refractivity (Wildman–Crippen MR) is 243 cm³/mol. The summed E-state index contributed by atoms with van der Waals surface area (Å²) in [5, 5.41) is 14.2. The molecule has 3 aliphatic rings. The van der Waals surface area contributed by atoms with E-state index in [0.717, 1.165) is 46.7 Å². The molecule has 27 heteroatoms. The predicted octanol–water partition coefficient (Wildman–Crippen LogP) is -6.21. The van der Waals surface area contributed by atoms with E-state index in [9.17, 15) is 57.1 Å². The fraction of sp³-hybridized carbons (Fsp3) is 0.386. The molecule has 2 heterocycles. The van der Waals surface area contributed by atoms with E-state index in [1.807, 2.05) is 73.6 Å². The molecule has 0 saturated heterocycles. The van der Waals surface area contributed by atoms with Gasteiger partial charge in [-0.2, -0.15) is 17.3 Å². The minimum atomic E-state index is -4.82. The van der Waals surface area contributed by atoms with Crippen molar-refractivity contribution in [3.63, 3.8) is 0 Å². The van der Waals surface area contributed by atoms with Gasteiger partial charge >= 0.3 is 118 Å². The van der Waals surface area contributed by atoms with Crippen LogP contribution in [0.2, 0.25) is 0 Å². The monoisotopic (exact) mass is 1110 g/mol. The third-order valence-electron chi connectivity index (χ3n) is 11.9. The molecule has 0 bridgehead atoms. The van der Waals surface area contributed by atoms with Crippen molar-refractivity contribution in [3.05, 3.63) is 119 Å². The number of allylic oxidation sites excluding steroid dienone is 7. The quantitative estimate of drug-likeness (QED) is 0.0210. The summed E-state index contributed by atoms with van der Waals surface area (Å²) in [5.74, 6) is -0.349. The second kappa shape index (κ2) is 27.4. The summed E-state index contributed by atoms with van der Waals surface area (Å²) in [6.45, 7) is 8.33. The van der Waals surface area contributed by atoms with E-state index in [1.54, 1.807) is 6.07 Å². The Bertz CT molecular complexity index is 3030. The molecule has 0 saturated carbocycles. The van der Waals surface area contributed by atoms with Gasteiger partial charge in [0.25, 0.3) is 10.1 Å². The van der Waals surface area contributed by atoms with Crippen LogP contribution in [0.3, 0.4) is 0 Å². The van der Waals surface area contributed by atoms with Crippen LogP contribution in [0.1, 0.15) is 83.8 Å². The maximum absolute atomic E-state index is 12.1. The van der Waals surface area contributed by atoms with Gasteiger partial charge in [0.15, 0.2) is 5.71 Å². The van der Waals surface area contributed by atoms with E-state index in [1.165, 1.54) is 30.3 Å². The van der Waals surface area contributed by atoms with E-state index < -0.39 is 72.6 Å². The number of fused-ring (bicyclic) bond motifs is 2. The molecule has 0 amide bonds. The minimum Gasteiger partial charge on any atom is -0.748 e. The molecule has 1 N–H and O–H groups in total. The summed E-state index contributed by atoms with van der Waals surface area (Å²) in [6.07, 6.45) is 10.1. The van der Waals surface area contributed by atoms with Gasteiger partial charge in [0, 0.05) is 58.1 Å². The van der Waals surface area contributed by atoms with Crippen molar-refractivity contribution in [2.24, 2.45) is 0 Å². The molecule has 0 radical (unpaired) electrons. The van der Waals surface area contributed by atoms with Crippen molar-refractivity contribution in [3.8, 4) is 5.75 Å². The SMILES string of the molecule is CC1(C)C(C=CC2=C(Oc3ccc(S(=O)(=O)[O-])cc3)C(=C/C=C3/N(CCCCS(=O)(=O)[O-])c4ccc(S(=O)(=O)[O-])cc4C3(C)C)CCC2)=[N+](CCCCS(=O)(=O)O)c2ccc(SOO[O-])cc21.[Na+].[Na+].[Na+].[Na+]. The van der Waals surface area contributed by atoms with E-state index in [2.05, 4.69) is 9.37 Å². The normalized spacial score (nSPS) is 17.6. The molecule has 71 heavy (non-hydrogen) atoms. The number of rotatable bonds is 20. The van der Waals surface area contributed by atoms with Crippen molar-refractivity contribution >= 4 is 69.6 Å². The first-order valence-corrected chi connectivity index (χ1v) is 27.7. The third-order valence-corrected chi connectivity index (χ3v) is 15.8. The van der Waals surface area contributed by atoms with Crippen molar-refractivity contribution in [2.75, 3.05) is 29.5 Å². The van der Waals surface area contributed by atoms with E-state index in [-0.39, 0.29) is 150 Å². The van der Waals surface area contributed by atoms with E-state index >= 15 is 0 Å². The van der Waals surface area contributed by atoms with E-state index in [4.69, 9.17) is 4.74 Å². The van der Waals surface area contributed by atoms with Gasteiger partial charge in [0.2, 0.25) is 5.69 Å². The Hall–Kier alpha value is -0.240. The number of hydrogen-bond acceptors (Lipinski definition) is 17. The van der Waals surface area contributed by atoms with Gasteiger partial charge in [-0.1, -0.05) is 19.9 Å². The van der Waals surface area contributed by atoms with Gasteiger partial charge in [-0.05, 0) is 136 Å².